The van der Waals surface area contributed by atoms with Crippen molar-refractivity contribution in [2.75, 3.05) is 19.6 Å². The Balaban J connectivity index is 2.54. The van der Waals surface area contributed by atoms with Crippen LogP contribution < -0.4 is 9.47 Å². The summed E-state index contributed by atoms with van der Waals surface area (Å²) in [5, 5.41) is 0. The predicted octanol–water partition coefficient (Wildman–Crippen LogP) is 2.87. The van der Waals surface area contributed by atoms with Crippen molar-refractivity contribution in [1.82, 2.24) is 0 Å². The van der Waals surface area contributed by atoms with Crippen molar-refractivity contribution >= 4 is 11.6 Å². The predicted molar refractivity (Wildman–Crippen MR) is 58.3 cm³/mol. The first-order chi connectivity index (χ1) is 6.76. The van der Waals surface area contributed by atoms with Crippen LogP contribution in [0, 0.1) is 0 Å². The van der Waals surface area contributed by atoms with Crippen LogP contribution in [0.15, 0.2) is 36.4 Å². The van der Waals surface area contributed by atoms with Gasteiger partial charge in [0.05, 0.1) is 7.11 Å². The number of benzene rings is 1. The molecule has 0 saturated carbocycles. The van der Waals surface area contributed by atoms with Crippen LogP contribution in [0.4, 0.5) is 0 Å². The first kappa shape index (κ1) is 10.9. The molecule has 0 radical (unpaired) electrons. The largest absolute Gasteiger partial charge is 0.497 e. The highest BCUT2D eigenvalue weighted by atomic mass is 35.5. The second-order valence-corrected chi connectivity index (χ2v) is 3.12. The molecule has 0 saturated heterocycles. The fourth-order valence-corrected chi connectivity index (χ4v) is 0.992. The van der Waals surface area contributed by atoms with E-state index in [9.17, 15) is 0 Å². The zero-order valence-corrected chi connectivity index (χ0v) is 8.88. The zero-order valence-electron chi connectivity index (χ0n) is 8.13. The lowest BCUT2D eigenvalue weighted by Gasteiger charge is -2.07. The second kappa shape index (κ2) is 5.55. The van der Waals surface area contributed by atoms with E-state index in [-0.39, 0.29) is 0 Å². The number of rotatable bonds is 5. The van der Waals surface area contributed by atoms with Gasteiger partial charge in [0, 0.05) is 11.9 Å². The summed E-state index contributed by atoms with van der Waals surface area (Å²) in [4.78, 5) is 0. The average molecular weight is 213 g/mol. The smallest absolute Gasteiger partial charge is 0.123 e. The van der Waals surface area contributed by atoms with E-state index in [1.165, 1.54) is 0 Å². The highest BCUT2D eigenvalue weighted by Gasteiger charge is 1.97. The standard InChI is InChI=1S/C11H13ClO2/c1-9(7-12)8-14-11-5-3-4-10(6-11)13-2/h3-6H,1,7-8H2,2H3. The molecule has 0 spiro atoms. The van der Waals surface area contributed by atoms with Crippen molar-refractivity contribution in [3.05, 3.63) is 36.4 Å². The van der Waals surface area contributed by atoms with Crippen molar-refractivity contribution in [2.45, 2.75) is 0 Å². The van der Waals surface area contributed by atoms with Crippen LogP contribution in [-0.2, 0) is 0 Å². The SMILES string of the molecule is C=C(CCl)COc1cccc(OC)c1. The molecule has 0 atom stereocenters. The van der Waals surface area contributed by atoms with Gasteiger partial charge in [0.1, 0.15) is 18.1 Å². The van der Waals surface area contributed by atoms with Crippen LogP contribution >= 0.6 is 11.6 Å². The van der Waals surface area contributed by atoms with Crippen molar-refractivity contribution in [2.24, 2.45) is 0 Å². The van der Waals surface area contributed by atoms with E-state index in [1.54, 1.807) is 7.11 Å². The number of halogens is 1. The van der Waals surface area contributed by atoms with Gasteiger partial charge in [-0.15, -0.1) is 11.6 Å². The minimum absolute atomic E-state index is 0.421. The Morgan fingerprint density at radius 2 is 2.14 bits per heavy atom. The Morgan fingerprint density at radius 1 is 1.43 bits per heavy atom. The van der Waals surface area contributed by atoms with Gasteiger partial charge in [-0.1, -0.05) is 12.6 Å². The maximum Gasteiger partial charge on any atom is 0.123 e. The van der Waals surface area contributed by atoms with Crippen molar-refractivity contribution < 1.29 is 9.47 Å². The summed E-state index contributed by atoms with van der Waals surface area (Å²) in [6, 6.07) is 7.42. The van der Waals surface area contributed by atoms with E-state index >= 15 is 0 Å². The highest BCUT2D eigenvalue weighted by Crippen LogP contribution is 2.19. The quantitative estimate of drug-likeness (QED) is 0.552. The lowest BCUT2D eigenvalue weighted by atomic mass is 10.3. The normalized spacial score (nSPS) is 9.57. The molecule has 0 N–H and O–H groups in total. The number of ether oxygens (including phenoxy) is 2. The summed E-state index contributed by atoms with van der Waals surface area (Å²) < 4.78 is 10.5. The van der Waals surface area contributed by atoms with E-state index in [4.69, 9.17) is 21.1 Å². The van der Waals surface area contributed by atoms with Crippen LogP contribution in [0.25, 0.3) is 0 Å². The fraction of sp³-hybridized carbons (Fsp3) is 0.273. The zero-order chi connectivity index (χ0) is 10.4. The van der Waals surface area contributed by atoms with Gasteiger partial charge in [-0.2, -0.15) is 0 Å². The molecule has 0 aromatic heterocycles. The minimum atomic E-state index is 0.421. The van der Waals surface area contributed by atoms with Gasteiger partial charge < -0.3 is 9.47 Å². The Hall–Kier alpha value is -1.15. The summed E-state index contributed by atoms with van der Waals surface area (Å²) in [6.45, 7) is 4.18. The van der Waals surface area contributed by atoms with Crippen LogP contribution in [0.5, 0.6) is 11.5 Å². The molecule has 0 heterocycles. The molecule has 76 valence electrons. The number of alkyl halides is 1. The Morgan fingerprint density at radius 3 is 2.79 bits per heavy atom. The third kappa shape index (κ3) is 3.30. The van der Waals surface area contributed by atoms with E-state index in [0.29, 0.717) is 12.5 Å². The van der Waals surface area contributed by atoms with E-state index in [1.807, 2.05) is 24.3 Å². The van der Waals surface area contributed by atoms with Crippen molar-refractivity contribution in [3.8, 4) is 11.5 Å². The first-order valence-electron chi connectivity index (χ1n) is 4.25. The molecule has 0 unspecified atom stereocenters. The maximum atomic E-state index is 5.57. The molecule has 1 aromatic carbocycles. The monoisotopic (exact) mass is 212 g/mol. The van der Waals surface area contributed by atoms with Crippen LogP contribution in [0.2, 0.25) is 0 Å². The van der Waals surface area contributed by atoms with E-state index in [2.05, 4.69) is 6.58 Å². The third-order valence-electron chi connectivity index (χ3n) is 1.67. The Kier molecular flexibility index (Phi) is 4.33. The minimum Gasteiger partial charge on any atom is -0.497 e. The van der Waals surface area contributed by atoms with Gasteiger partial charge >= 0.3 is 0 Å². The molecule has 14 heavy (non-hydrogen) atoms. The summed E-state index contributed by atoms with van der Waals surface area (Å²) in [6.07, 6.45) is 0. The lowest BCUT2D eigenvalue weighted by Crippen LogP contribution is -2.01. The van der Waals surface area contributed by atoms with Gasteiger partial charge in [-0.3, -0.25) is 0 Å². The first-order valence-corrected chi connectivity index (χ1v) is 4.79. The van der Waals surface area contributed by atoms with Crippen molar-refractivity contribution in [3.63, 3.8) is 0 Å². The van der Waals surface area contributed by atoms with E-state index in [0.717, 1.165) is 17.1 Å². The Bertz CT molecular complexity index is 310. The highest BCUT2D eigenvalue weighted by molar-refractivity contribution is 6.19. The molecule has 3 heteroatoms. The molecule has 0 bridgehead atoms. The molecule has 1 rings (SSSR count). The van der Waals surface area contributed by atoms with Gasteiger partial charge in [0.25, 0.3) is 0 Å². The number of hydrogen-bond acceptors (Lipinski definition) is 2. The van der Waals surface area contributed by atoms with Crippen LogP contribution in [0.3, 0.4) is 0 Å². The number of hydrogen-bond donors (Lipinski definition) is 0. The van der Waals surface area contributed by atoms with E-state index < -0.39 is 0 Å². The average Bonchev–Trinajstić information content (AvgIpc) is 2.26. The van der Waals surface area contributed by atoms with Crippen LogP contribution in [-0.4, -0.2) is 19.6 Å². The summed E-state index contributed by atoms with van der Waals surface area (Å²) in [5.41, 5.74) is 0.856. The molecule has 0 amide bonds. The Labute approximate surface area is 89.1 Å². The van der Waals surface area contributed by atoms with Gasteiger partial charge in [-0.05, 0) is 17.7 Å². The summed E-state index contributed by atoms with van der Waals surface area (Å²) >= 11 is 5.57. The number of methoxy groups -OCH3 is 1. The van der Waals surface area contributed by atoms with Crippen molar-refractivity contribution in [1.29, 1.82) is 0 Å². The van der Waals surface area contributed by atoms with Gasteiger partial charge in [-0.25, -0.2) is 0 Å². The molecular weight excluding hydrogens is 200 g/mol. The van der Waals surface area contributed by atoms with Crippen LogP contribution in [0.1, 0.15) is 0 Å². The molecule has 0 aliphatic carbocycles. The molecule has 1 aromatic rings. The maximum absolute atomic E-state index is 5.57. The second-order valence-electron chi connectivity index (χ2n) is 2.85. The topological polar surface area (TPSA) is 18.5 Å². The molecule has 0 aliphatic heterocycles. The lowest BCUT2D eigenvalue weighted by molar-refractivity contribution is 0.348. The molecular formula is C11H13ClO2. The summed E-state index contributed by atoms with van der Waals surface area (Å²) in [5.74, 6) is 1.96. The molecule has 0 fully saturated rings. The van der Waals surface area contributed by atoms with Gasteiger partial charge in [0.2, 0.25) is 0 Å². The third-order valence-corrected chi connectivity index (χ3v) is 2.05. The molecule has 0 aliphatic rings. The molecule has 2 nitrogen and oxygen atoms in total. The summed E-state index contributed by atoms with van der Waals surface area (Å²) in [7, 11) is 1.62. The van der Waals surface area contributed by atoms with Gasteiger partial charge in [0.15, 0.2) is 0 Å². The fourth-order valence-electron chi connectivity index (χ4n) is 0.915.